The number of nitrogens with two attached hydrogens (primary N) is 1. The van der Waals surface area contributed by atoms with E-state index in [2.05, 4.69) is 30.9 Å². The summed E-state index contributed by atoms with van der Waals surface area (Å²) in [5.74, 6) is 1.03. The van der Waals surface area contributed by atoms with Crippen molar-refractivity contribution in [2.24, 2.45) is 0 Å². The molecule has 2 N–H and O–H groups in total. The first kappa shape index (κ1) is 10.1. The number of hydrogen-bond donors (Lipinski definition) is 1. The average molecular weight is 268 g/mol. The van der Waals surface area contributed by atoms with E-state index in [0.29, 0.717) is 16.1 Å². The Labute approximate surface area is 95.5 Å². The highest BCUT2D eigenvalue weighted by Crippen LogP contribution is 2.20. The van der Waals surface area contributed by atoms with Gasteiger partial charge >= 0.3 is 0 Å². The van der Waals surface area contributed by atoms with Crippen LogP contribution >= 0.6 is 15.9 Å². The van der Waals surface area contributed by atoms with Crippen LogP contribution in [0.3, 0.4) is 0 Å². The molecule has 6 heteroatoms. The lowest BCUT2D eigenvalue weighted by atomic mass is 10.4. The van der Waals surface area contributed by atoms with Crippen LogP contribution in [0.2, 0.25) is 0 Å². The number of rotatable bonds is 2. The Bertz CT molecular complexity index is 479. The van der Waals surface area contributed by atoms with Crippen LogP contribution < -0.4 is 5.73 Å². The highest BCUT2D eigenvalue weighted by atomic mass is 79.9. The van der Waals surface area contributed by atoms with Crippen LogP contribution in [0, 0.1) is 0 Å². The number of nitrogen functional groups attached to an aromatic ring is 1. The topological polar surface area (TPSA) is 69.6 Å². The van der Waals surface area contributed by atoms with Crippen LogP contribution in [-0.2, 0) is 6.54 Å². The fraction of sp³-hybridized carbons (Fsp3) is 0.222. The van der Waals surface area contributed by atoms with Crippen molar-refractivity contribution in [2.75, 3.05) is 5.73 Å². The number of hydrogen-bond acceptors (Lipinski definition) is 4. The molecule has 0 bridgehead atoms. The molecule has 15 heavy (non-hydrogen) atoms. The molecule has 0 aromatic carbocycles. The van der Waals surface area contributed by atoms with Crippen molar-refractivity contribution >= 4 is 21.7 Å². The minimum absolute atomic E-state index is 0.434. The molecule has 0 amide bonds. The molecule has 0 spiro atoms. The van der Waals surface area contributed by atoms with E-state index in [-0.39, 0.29) is 0 Å². The van der Waals surface area contributed by atoms with Crippen molar-refractivity contribution < 1.29 is 0 Å². The molecular formula is C9H10BrN5. The molecule has 0 aliphatic heterocycles. The average Bonchev–Trinajstić information content (AvgIpc) is 2.70. The number of imidazole rings is 1. The SMILES string of the molecule is CCn1cncc1-c1ncc(Br)c(N)n1. The highest BCUT2D eigenvalue weighted by molar-refractivity contribution is 9.10. The Hall–Kier alpha value is -1.43. The summed E-state index contributed by atoms with van der Waals surface area (Å²) in [6, 6.07) is 0. The Kier molecular flexibility index (Phi) is 2.68. The third-order valence-electron chi connectivity index (χ3n) is 2.05. The van der Waals surface area contributed by atoms with E-state index >= 15 is 0 Å². The third kappa shape index (κ3) is 1.85. The molecule has 0 saturated carbocycles. The van der Waals surface area contributed by atoms with Gasteiger partial charge in [0.1, 0.15) is 11.5 Å². The molecule has 2 aromatic heterocycles. The van der Waals surface area contributed by atoms with Crippen molar-refractivity contribution in [3.8, 4) is 11.5 Å². The molecule has 0 atom stereocenters. The molecule has 5 nitrogen and oxygen atoms in total. The van der Waals surface area contributed by atoms with Gasteiger partial charge in [-0.25, -0.2) is 15.0 Å². The predicted molar refractivity (Wildman–Crippen MR) is 61.0 cm³/mol. The van der Waals surface area contributed by atoms with Crippen molar-refractivity contribution in [3.63, 3.8) is 0 Å². The lowest BCUT2D eigenvalue weighted by Crippen LogP contribution is -2.01. The summed E-state index contributed by atoms with van der Waals surface area (Å²) in [5, 5.41) is 0. The van der Waals surface area contributed by atoms with Crippen LogP contribution in [0.15, 0.2) is 23.2 Å². The summed E-state index contributed by atoms with van der Waals surface area (Å²) in [4.78, 5) is 12.4. The Balaban J connectivity index is 2.50. The summed E-state index contributed by atoms with van der Waals surface area (Å²) in [7, 11) is 0. The molecule has 0 radical (unpaired) electrons. The molecule has 0 aliphatic carbocycles. The monoisotopic (exact) mass is 267 g/mol. The largest absolute Gasteiger partial charge is 0.383 e. The maximum atomic E-state index is 5.69. The minimum Gasteiger partial charge on any atom is -0.383 e. The van der Waals surface area contributed by atoms with Gasteiger partial charge in [-0.1, -0.05) is 0 Å². The molecular weight excluding hydrogens is 258 g/mol. The maximum absolute atomic E-state index is 5.69. The van der Waals surface area contributed by atoms with Crippen molar-refractivity contribution in [3.05, 3.63) is 23.2 Å². The summed E-state index contributed by atoms with van der Waals surface area (Å²) < 4.78 is 2.66. The zero-order chi connectivity index (χ0) is 10.8. The molecule has 0 unspecified atom stereocenters. The van der Waals surface area contributed by atoms with Gasteiger partial charge in [-0.3, -0.25) is 0 Å². The first-order valence-electron chi connectivity index (χ1n) is 4.51. The molecule has 2 heterocycles. The van der Waals surface area contributed by atoms with Crippen LogP contribution in [-0.4, -0.2) is 19.5 Å². The fourth-order valence-electron chi connectivity index (χ4n) is 1.26. The van der Waals surface area contributed by atoms with E-state index < -0.39 is 0 Å². The normalized spacial score (nSPS) is 10.5. The quantitative estimate of drug-likeness (QED) is 0.900. The van der Waals surface area contributed by atoms with E-state index in [1.54, 1.807) is 18.7 Å². The second kappa shape index (κ2) is 3.98. The summed E-state index contributed by atoms with van der Waals surface area (Å²) in [5.41, 5.74) is 6.56. The number of nitrogens with zero attached hydrogens (tertiary/aromatic N) is 4. The highest BCUT2D eigenvalue weighted by Gasteiger charge is 2.08. The summed E-state index contributed by atoms with van der Waals surface area (Å²) >= 11 is 3.26. The standard InChI is InChI=1S/C9H10BrN5/c1-2-15-5-12-4-7(15)9-13-3-6(10)8(11)14-9/h3-5H,2H2,1H3,(H2,11,13,14). The molecule has 0 fully saturated rings. The first-order chi connectivity index (χ1) is 7.22. The Morgan fingerprint density at radius 3 is 2.93 bits per heavy atom. The minimum atomic E-state index is 0.434. The zero-order valence-corrected chi connectivity index (χ0v) is 9.77. The van der Waals surface area contributed by atoms with Gasteiger partial charge in [-0.2, -0.15) is 0 Å². The van der Waals surface area contributed by atoms with Gasteiger partial charge in [-0.05, 0) is 22.9 Å². The Morgan fingerprint density at radius 2 is 2.27 bits per heavy atom. The van der Waals surface area contributed by atoms with Gasteiger partial charge in [0.2, 0.25) is 0 Å². The van der Waals surface area contributed by atoms with Crippen molar-refractivity contribution in [1.29, 1.82) is 0 Å². The van der Waals surface area contributed by atoms with Gasteiger partial charge in [0.05, 0.1) is 17.0 Å². The lowest BCUT2D eigenvalue weighted by Gasteiger charge is -2.04. The maximum Gasteiger partial charge on any atom is 0.179 e. The van der Waals surface area contributed by atoms with Crippen LogP contribution in [0.5, 0.6) is 0 Å². The summed E-state index contributed by atoms with van der Waals surface area (Å²) in [6.45, 7) is 2.86. The second-order valence-corrected chi connectivity index (χ2v) is 3.85. The molecule has 2 rings (SSSR count). The lowest BCUT2D eigenvalue weighted by molar-refractivity contribution is 0.763. The number of halogens is 1. The molecule has 0 aliphatic rings. The second-order valence-electron chi connectivity index (χ2n) is 2.99. The third-order valence-corrected chi connectivity index (χ3v) is 2.66. The summed E-state index contributed by atoms with van der Waals surface area (Å²) in [6.07, 6.45) is 5.12. The zero-order valence-electron chi connectivity index (χ0n) is 8.18. The first-order valence-corrected chi connectivity index (χ1v) is 5.30. The number of anilines is 1. The fourth-order valence-corrected chi connectivity index (χ4v) is 1.45. The smallest absolute Gasteiger partial charge is 0.179 e. The number of aryl methyl sites for hydroxylation is 1. The Morgan fingerprint density at radius 1 is 1.47 bits per heavy atom. The van der Waals surface area contributed by atoms with Crippen molar-refractivity contribution in [2.45, 2.75) is 13.5 Å². The van der Waals surface area contributed by atoms with E-state index in [1.165, 1.54) is 0 Å². The van der Waals surface area contributed by atoms with E-state index in [9.17, 15) is 0 Å². The van der Waals surface area contributed by atoms with Gasteiger partial charge in [0.15, 0.2) is 5.82 Å². The van der Waals surface area contributed by atoms with Gasteiger partial charge in [0.25, 0.3) is 0 Å². The van der Waals surface area contributed by atoms with Gasteiger partial charge < -0.3 is 10.3 Å². The molecule has 78 valence electrons. The predicted octanol–water partition coefficient (Wildman–Crippen LogP) is 1.70. The van der Waals surface area contributed by atoms with E-state index in [1.807, 2.05) is 11.5 Å². The van der Waals surface area contributed by atoms with Crippen molar-refractivity contribution in [1.82, 2.24) is 19.5 Å². The van der Waals surface area contributed by atoms with Gasteiger partial charge in [-0.15, -0.1) is 0 Å². The van der Waals surface area contributed by atoms with Crippen LogP contribution in [0.25, 0.3) is 11.5 Å². The number of aromatic nitrogens is 4. The van der Waals surface area contributed by atoms with E-state index in [0.717, 1.165) is 12.2 Å². The van der Waals surface area contributed by atoms with Crippen LogP contribution in [0.4, 0.5) is 5.82 Å². The van der Waals surface area contributed by atoms with E-state index in [4.69, 9.17) is 5.73 Å². The van der Waals surface area contributed by atoms with Gasteiger partial charge in [0, 0.05) is 12.7 Å². The molecule has 2 aromatic rings. The molecule has 0 saturated heterocycles. The van der Waals surface area contributed by atoms with Crippen LogP contribution in [0.1, 0.15) is 6.92 Å².